The number of para-hydroxylation sites is 3. The maximum atomic E-state index is 13.1. The van der Waals surface area contributed by atoms with Crippen LogP contribution in [-0.2, 0) is 17.8 Å². The number of carbonyl (C=O) groups excluding carboxylic acids is 1. The van der Waals surface area contributed by atoms with Crippen LogP contribution < -0.4 is 14.4 Å². The fourth-order valence-electron chi connectivity index (χ4n) is 4.75. The van der Waals surface area contributed by atoms with Gasteiger partial charge in [-0.25, -0.2) is 4.98 Å². The van der Waals surface area contributed by atoms with Gasteiger partial charge in [-0.05, 0) is 54.4 Å². The number of imidazole rings is 1. The van der Waals surface area contributed by atoms with Crippen LogP contribution in [0.4, 0.5) is 5.69 Å². The molecule has 6 heteroatoms. The summed E-state index contributed by atoms with van der Waals surface area (Å²) < 4.78 is 13.4. The van der Waals surface area contributed by atoms with Crippen LogP contribution in [0.5, 0.6) is 11.5 Å². The molecular formula is C28H29N3O3. The maximum absolute atomic E-state index is 13.1. The molecule has 0 aliphatic carbocycles. The molecule has 1 aromatic heterocycles. The summed E-state index contributed by atoms with van der Waals surface area (Å²) >= 11 is 0. The number of benzene rings is 3. The lowest BCUT2D eigenvalue weighted by Crippen LogP contribution is -2.25. The number of amides is 1. The van der Waals surface area contributed by atoms with E-state index < -0.39 is 0 Å². The van der Waals surface area contributed by atoms with E-state index in [1.165, 1.54) is 5.56 Å². The molecule has 0 N–H and O–H groups in total. The van der Waals surface area contributed by atoms with Crippen molar-refractivity contribution in [1.29, 1.82) is 0 Å². The Hall–Kier alpha value is -3.80. The molecule has 0 spiro atoms. The normalized spacial score (nSPS) is 15.8. The van der Waals surface area contributed by atoms with Crippen LogP contribution in [-0.4, -0.2) is 35.7 Å². The molecule has 3 aromatic carbocycles. The Morgan fingerprint density at radius 3 is 2.50 bits per heavy atom. The van der Waals surface area contributed by atoms with Gasteiger partial charge in [-0.15, -0.1) is 0 Å². The summed E-state index contributed by atoms with van der Waals surface area (Å²) in [6, 6.07) is 23.9. The highest BCUT2D eigenvalue weighted by Gasteiger charge is 2.35. The van der Waals surface area contributed by atoms with Gasteiger partial charge in [0, 0.05) is 24.6 Å². The van der Waals surface area contributed by atoms with Crippen molar-refractivity contribution in [3.8, 4) is 11.5 Å². The average molecular weight is 456 g/mol. The molecule has 1 unspecified atom stereocenters. The molecule has 0 saturated carbocycles. The van der Waals surface area contributed by atoms with Gasteiger partial charge in [0.2, 0.25) is 5.91 Å². The monoisotopic (exact) mass is 455 g/mol. The second-order valence-electron chi connectivity index (χ2n) is 8.52. The third-order valence-electron chi connectivity index (χ3n) is 6.48. The Morgan fingerprint density at radius 1 is 0.971 bits per heavy atom. The van der Waals surface area contributed by atoms with Crippen LogP contribution in [0, 0.1) is 0 Å². The smallest absolute Gasteiger partial charge is 0.227 e. The van der Waals surface area contributed by atoms with Crippen LogP contribution in [0.3, 0.4) is 0 Å². The molecule has 0 radical (unpaired) electrons. The number of rotatable bonds is 8. The zero-order valence-electron chi connectivity index (χ0n) is 19.6. The molecule has 1 fully saturated rings. The number of carbonyl (C=O) groups is 1. The first-order valence-electron chi connectivity index (χ1n) is 11.8. The first-order chi connectivity index (χ1) is 16.7. The highest BCUT2D eigenvalue weighted by atomic mass is 16.5. The first-order valence-corrected chi connectivity index (χ1v) is 11.8. The van der Waals surface area contributed by atoms with Gasteiger partial charge in [-0.3, -0.25) is 4.79 Å². The summed E-state index contributed by atoms with van der Waals surface area (Å²) in [4.78, 5) is 20.0. The number of aryl methyl sites for hydroxylation is 1. The molecule has 1 amide bonds. The zero-order valence-corrected chi connectivity index (χ0v) is 19.6. The largest absolute Gasteiger partial charge is 0.497 e. The summed E-state index contributed by atoms with van der Waals surface area (Å²) in [6.45, 7) is 3.92. The van der Waals surface area contributed by atoms with Crippen molar-refractivity contribution in [2.75, 3.05) is 25.2 Å². The summed E-state index contributed by atoms with van der Waals surface area (Å²) in [5.74, 6) is 2.73. The number of aromatic nitrogens is 2. The Balaban J connectivity index is 1.39. The molecule has 34 heavy (non-hydrogen) atoms. The second kappa shape index (κ2) is 9.59. The molecule has 2 heterocycles. The number of anilines is 1. The molecule has 4 aromatic rings. The third-order valence-corrected chi connectivity index (χ3v) is 6.48. The molecule has 174 valence electrons. The predicted octanol–water partition coefficient (Wildman–Crippen LogP) is 5.21. The Bertz CT molecular complexity index is 1300. The van der Waals surface area contributed by atoms with Crippen LogP contribution in [0.2, 0.25) is 0 Å². The lowest BCUT2D eigenvalue weighted by atomic mass is 10.1. The Labute approximate surface area is 199 Å². The topological polar surface area (TPSA) is 56.6 Å². The minimum absolute atomic E-state index is 0.0331. The van der Waals surface area contributed by atoms with Crippen molar-refractivity contribution in [3.63, 3.8) is 0 Å². The number of ether oxygens (including phenoxy) is 2. The molecule has 5 rings (SSSR count). The van der Waals surface area contributed by atoms with Crippen molar-refractivity contribution in [2.45, 2.75) is 32.2 Å². The lowest BCUT2D eigenvalue weighted by molar-refractivity contribution is -0.117. The zero-order chi connectivity index (χ0) is 23.5. The number of methoxy groups -OCH3 is 1. The second-order valence-corrected chi connectivity index (χ2v) is 8.52. The molecule has 1 aliphatic rings. The van der Waals surface area contributed by atoms with Crippen molar-refractivity contribution >= 4 is 22.6 Å². The third kappa shape index (κ3) is 4.23. The summed E-state index contributed by atoms with van der Waals surface area (Å²) in [5, 5.41) is 0. The number of hydrogen-bond donors (Lipinski definition) is 0. The van der Waals surface area contributed by atoms with Gasteiger partial charge >= 0.3 is 0 Å². The minimum atomic E-state index is 0.0331. The molecule has 6 nitrogen and oxygen atoms in total. The van der Waals surface area contributed by atoms with Crippen LogP contribution in [0.1, 0.15) is 30.7 Å². The lowest BCUT2D eigenvalue weighted by Gasteiger charge is -2.20. The van der Waals surface area contributed by atoms with E-state index in [9.17, 15) is 4.79 Å². The first kappa shape index (κ1) is 22.0. The molecule has 1 saturated heterocycles. The standard InChI is InChI=1S/C28H29N3O3/c1-3-20-8-4-6-10-25(20)31-19-21(18-27(31)32)28-29-24-9-5-7-11-26(24)30(28)16-17-34-23-14-12-22(33-2)13-15-23/h4-15,21H,3,16-19H2,1-2H3. The highest BCUT2D eigenvalue weighted by Crippen LogP contribution is 2.34. The Kier molecular flexibility index (Phi) is 6.21. The number of fused-ring (bicyclic) bond motifs is 1. The fraction of sp³-hybridized carbons (Fsp3) is 0.286. The van der Waals surface area contributed by atoms with E-state index in [1.807, 2.05) is 65.6 Å². The van der Waals surface area contributed by atoms with E-state index in [2.05, 4.69) is 23.6 Å². The van der Waals surface area contributed by atoms with Crippen molar-refractivity contribution in [3.05, 3.63) is 84.2 Å². The van der Waals surface area contributed by atoms with Gasteiger partial charge in [-0.2, -0.15) is 0 Å². The van der Waals surface area contributed by atoms with E-state index >= 15 is 0 Å². The summed E-state index contributed by atoms with van der Waals surface area (Å²) in [5.41, 5.74) is 4.22. The fourth-order valence-corrected chi connectivity index (χ4v) is 4.75. The van der Waals surface area contributed by atoms with E-state index in [0.29, 0.717) is 26.1 Å². The number of nitrogens with zero attached hydrogens (tertiary/aromatic N) is 3. The SMILES string of the molecule is CCc1ccccc1N1CC(c2nc3ccccc3n2CCOc2ccc(OC)cc2)CC1=O. The van der Waals surface area contributed by atoms with Gasteiger partial charge in [0.05, 0.1) is 24.7 Å². The van der Waals surface area contributed by atoms with E-state index in [1.54, 1.807) is 7.11 Å². The van der Waals surface area contributed by atoms with Crippen LogP contribution in [0.25, 0.3) is 11.0 Å². The van der Waals surface area contributed by atoms with Gasteiger partial charge in [0.1, 0.15) is 23.9 Å². The predicted molar refractivity (Wildman–Crippen MR) is 134 cm³/mol. The van der Waals surface area contributed by atoms with Crippen molar-refractivity contribution < 1.29 is 14.3 Å². The molecule has 1 atom stereocenters. The Morgan fingerprint density at radius 2 is 1.71 bits per heavy atom. The van der Waals surface area contributed by atoms with Gasteiger partial charge in [-0.1, -0.05) is 37.3 Å². The minimum Gasteiger partial charge on any atom is -0.497 e. The van der Waals surface area contributed by atoms with E-state index in [4.69, 9.17) is 14.5 Å². The van der Waals surface area contributed by atoms with Gasteiger partial charge in [0.15, 0.2) is 0 Å². The molecule has 1 aliphatic heterocycles. The summed E-state index contributed by atoms with van der Waals surface area (Å²) in [6.07, 6.45) is 1.35. The molecule has 0 bridgehead atoms. The van der Waals surface area contributed by atoms with Crippen LogP contribution >= 0.6 is 0 Å². The van der Waals surface area contributed by atoms with Gasteiger partial charge in [0.25, 0.3) is 0 Å². The van der Waals surface area contributed by atoms with Crippen molar-refractivity contribution in [1.82, 2.24) is 9.55 Å². The van der Waals surface area contributed by atoms with Gasteiger partial charge < -0.3 is 18.9 Å². The van der Waals surface area contributed by atoms with Crippen molar-refractivity contribution in [2.24, 2.45) is 0 Å². The molecular weight excluding hydrogens is 426 g/mol. The summed E-state index contributed by atoms with van der Waals surface area (Å²) in [7, 11) is 1.65. The van der Waals surface area contributed by atoms with E-state index in [0.717, 1.165) is 40.5 Å². The number of hydrogen-bond acceptors (Lipinski definition) is 4. The van der Waals surface area contributed by atoms with E-state index in [-0.39, 0.29) is 11.8 Å². The average Bonchev–Trinajstić information content (AvgIpc) is 3.45. The quantitative estimate of drug-likeness (QED) is 0.366. The highest BCUT2D eigenvalue weighted by molar-refractivity contribution is 5.97. The van der Waals surface area contributed by atoms with Crippen LogP contribution in [0.15, 0.2) is 72.8 Å². The maximum Gasteiger partial charge on any atom is 0.227 e.